The summed E-state index contributed by atoms with van der Waals surface area (Å²) < 4.78 is 42.5. The number of aryl methyl sites for hydroxylation is 1. The van der Waals surface area contributed by atoms with Crippen LogP contribution < -0.4 is 4.72 Å². The molecule has 4 heterocycles. The van der Waals surface area contributed by atoms with Gasteiger partial charge in [-0.05, 0) is 44.7 Å². The molecule has 4 rings (SSSR count). The number of pyridine rings is 1. The summed E-state index contributed by atoms with van der Waals surface area (Å²) >= 11 is 5.87. The molecule has 0 aromatic carbocycles. The fourth-order valence-corrected chi connectivity index (χ4v) is 5.20. The summed E-state index contributed by atoms with van der Waals surface area (Å²) in [7, 11) is -2.59. The Kier molecular flexibility index (Phi) is 7.95. The molecule has 1 saturated heterocycles. The van der Waals surface area contributed by atoms with E-state index in [2.05, 4.69) is 29.9 Å². The molecule has 13 heteroatoms. The molecule has 188 valence electrons. The summed E-state index contributed by atoms with van der Waals surface area (Å²) in [4.78, 5) is 12.5. The van der Waals surface area contributed by atoms with Gasteiger partial charge in [-0.15, -0.1) is 10.2 Å². The normalized spacial score (nSPS) is 18.2. The molecule has 0 spiro atoms. The molecule has 0 unspecified atom stereocenters. The van der Waals surface area contributed by atoms with Crippen molar-refractivity contribution in [2.45, 2.75) is 57.1 Å². The number of aromatic nitrogens is 6. The van der Waals surface area contributed by atoms with E-state index in [1.54, 1.807) is 17.0 Å². The number of nitrogens with zero attached hydrogens (tertiary/aromatic N) is 6. The van der Waals surface area contributed by atoms with Gasteiger partial charge < -0.3 is 9.47 Å². The molecule has 0 saturated carbocycles. The summed E-state index contributed by atoms with van der Waals surface area (Å²) in [5, 5.41) is 7.76. The highest BCUT2D eigenvalue weighted by Gasteiger charge is 2.34. The van der Waals surface area contributed by atoms with Crippen LogP contribution in [-0.2, 0) is 26.0 Å². The van der Waals surface area contributed by atoms with E-state index >= 15 is 0 Å². The van der Waals surface area contributed by atoms with Gasteiger partial charge in [-0.2, -0.15) is 0 Å². The maximum Gasteiger partial charge on any atom is 0.240 e. The molecule has 0 bridgehead atoms. The van der Waals surface area contributed by atoms with E-state index < -0.39 is 21.4 Å². The minimum Gasteiger partial charge on any atom is -0.376 e. The Balaban J connectivity index is 1.65. The summed E-state index contributed by atoms with van der Waals surface area (Å²) in [5.41, 5.74) is 1.68. The largest absolute Gasteiger partial charge is 0.376 e. The molecule has 1 N–H and O–H groups in total. The standard InChI is InChI=1S/C22H28ClN7O4S/c1-14-8-16(10-24-9-14)21-27-28-22(30(21)13-18-6-4-5-7-34-18)29-35(31,32)15(2)19(33-3)20-25-11-17(23)12-26-20/h8-12,15,18-19H,4-7,13H2,1-3H3,(H,28,29)/t15-,18-,19-/m0/s1. The molecule has 0 radical (unpaired) electrons. The van der Waals surface area contributed by atoms with Crippen LogP contribution in [0.3, 0.4) is 0 Å². The molecule has 1 fully saturated rings. The van der Waals surface area contributed by atoms with E-state index in [1.807, 2.05) is 13.0 Å². The molecule has 3 aromatic rings. The van der Waals surface area contributed by atoms with Crippen LogP contribution in [0, 0.1) is 6.92 Å². The third kappa shape index (κ3) is 5.95. The molecule has 1 aliphatic rings. The lowest BCUT2D eigenvalue weighted by Crippen LogP contribution is -2.34. The van der Waals surface area contributed by atoms with Crippen molar-refractivity contribution in [3.63, 3.8) is 0 Å². The molecular weight excluding hydrogens is 494 g/mol. The van der Waals surface area contributed by atoms with E-state index in [-0.39, 0.29) is 17.9 Å². The molecule has 1 aliphatic heterocycles. The van der Waals surface area contributed by atoms with Gasteiger partial charge in [0.25, 0.3) is 0 Å². The first kappa shape index (κ1) is 25.4. The average Bonchev–Trinajstić information content (AvgIpc) is 3.22. The number of rotatable bonds is 9. The van der Waals surface area contributed by atoms with Crippen LogP contribution in [0.5, 0.6) is 0 Å². The predicted octanol–water partition coefficient (Wildman–Crippen LogP) is 3.18. The summed E-state index contributed by atoms with van der Waals surface area (Å²) in [6.45, 7) is 4.51. The zero-order valence-corrected chi connectivity index (χ0v) is 21.3. The first-order valence-corrected chi connectivity index (χ1v) is 13.2. The van der Waals surface area contributed by atoms with E-state index in [1.165, 1.54) is 26.4 Å². The van der Waals surface area contributed by atoms with Crippen LogP contribution in [0.25, 0.3) is 11.4 Å². The van der Waals surface area contributed by atoms with Gasteiger partial charge in [-0.25, -0.2) is 18.4 Å². The highest BCUT2D eigenvalue weighted by Crippen LogP contribution is 2.28. The van der Waals surface area contributed by atoms with Gasteiger partial charge in [-0.3, -0.25) is 14.3 Å². The third-order valence-electron chi connectivity index (χ3n) is 5.84. The van der Waals surface area contributed by atoms with Gasteiger partial charge in [0.15, 0.2) is 11.6 Å². The Hall–Kier alpha value is -2.67. The fraction of sp³-hybridized carbons (Fsp3) is 0.500. The maximum atomic E-state index is 13.4. The van der Waals surface area contributed by atoms with Crippen molar-refractivity contribution in [3.8, 4) is 11.4 Å². The van der Waals surface area contributed by atoms with Crippen molar-refractivity contribution in [3.05, 3.63) is 47.3 Å². The second-order valence-electron chi connectivity index (χ2n) is 8.47. The van der Waals surface area contributed by atoms with Gasteiger partial charge in [0.2, 0.25) is 16.0 Å². The van der Waals surface area contributed by atoms with E-state index in [0.29, 0.717) is 24.0 Å². The molecule has 3 aromatic heterocycles. The lowest BCUT2D eigenvalue weighted by Gasteiger charge is -2.25. The topological polar surface area (TPSA) is 134 Å². The van der Waals surface area contributed by atoms with E-state index in [4.69, 9.17) is 21.1 Å². The highest BCUT2D eigenvalue weighted by atomic mass is 35.5. The number of hydrogen-bond donors (Lipinski definition) is 1. The minimum absolute atomic E-state index is 0.0777. The number of hydrogen-bond acceptors (Lipinski definition) is 9. The van der Waals surface area contributed by atoms with Crippen molar-refractivity contribution in [2.75, 3.05) is 18.4 Å². The summed E-state index contributed by atoms with van der Waals surface area (Å²) in [6, 6.07) is 1.93. The van der Waals surface area contributed by atoms with Crippen LogP contribution in [0.4, 0.5) is 5.95 Å². The van der Waals surface area contributed by atoms with E-state index in [9.17, 15) is 8.42 Å². The minimum atomic E-state index is -3.99. The number of sulfonamides is 1. The van der Waals surface area contributed by atoms with Gasteiger partial charge in [0.1, 0.15) is 11.4 Å². The number of ether oxygens (including phenoxy) is 2. The number of anilines is 1. The van der Waals surface area contributed by atoms with Gasteiger partial charge >= 0.3 is 0 Å². The Labute approximate surface area is 209 Å². The first-order chi connectivity index (χ1) is 16.8. The Morgan fingerprint density at radius 3 is 2.66 bits per heavy atom. The quantitative estimate of drug-likeness (QED) is 0.450. The molecule has 11 nitrogen and oxygen atoms in total. The highest BCUT2D eigenvalue weighted by molar-refractivity contribution is 7.93. The number of nitrogens with one attached hydrogen (secondary N) is 1. The lowest BCUT2D eigenvalue weighted by molar-refractivity contribution is 0.00651. The first-order valence-electron chi connectivity index (χ1n) is 11.3. The van der Waals surface area contributed by atoms with Gasteiger partial charge in [0.05, 0.1) is 17.7 Å². The Morgan fingerprint density at radius 1 is 1.23 bits per heavy atom. The molecule has 0 aliphatic carbocycles. The van der Waals surface area contributed by atoms with E-state index in [0.717, 1.165) is 30.4 Å². The van der Waals surface area contributed by atoms with Crippen LogP contribution >= 0.6 is 11.6 Å². The third-order valence-corrected chi connectivity index (χ3v) is 7.73. The van der Waals surface area contributed by atoms with Crippen LogP contribution in [-0.4, -0.2) is 63.2 Å². The van der Waals surface area contributed by atoms with Crippen molar-refractivity contribution < 1.29 is 17.9 Å². The van der Waals surface area contributed by atoms with Crippen molar-refractivity contribution in [2.24, 2.45) is 0 Å². The fourth-order valence-electron chi connectivity index (χ4n) is 3.96. The monoisotopic (exact) mass is 521 g/mol. The molecule has 3 atom stereocenters. The SMILES string of the molecule is CO[C@H](c1ncc(Cl)cn1)[C@H](C)S(=O)(=O)Nc1nnc(-c2cncc(C)c2)n1C[C@@H]1CCCCO1. The zero-order chi connectivity index (χ0) is 25.0. The van der Waals surface area contributed by atoms with Crippen molar-refractivity contribution in [1.29, 1.82) is 0 Å². The predicted molar refractivity (Wildman–Crippen MR) is 130 cm³/mol. The second-order valence-corrected chi connectivity index (χ2v) is 10.9. The number of methoxy groups -OCH3 is 1. The van der Waals surface area contributed by atoms with Crippen LogP contribution in [0.1, 0.15) is 43.7 Å². The summed E-state index contributed by atoms with van der Waals surface area (Å²) in [5.74, 6) is 0.804. The van der Waals surface area contributed by atoms with Crippen molar-refractivity contribution >= 4 is 27.6 Å². The molecular formula is C22H28ClN7O4S. The molecule has 35 heavy (non-hydrogen) atoms. The number of halogens is 1. The lowest BCUT2D eigenvalue weighted by atomic mass is 10.1. The zero-order valence-electron chi connectivity index (χ0n) is 19.8. The Morgan fingerprint density at radius 2 is 2.00 bits per heavy atom. The average molecular weight is 522 g/mol. The van der Waals surface area contributed by atoms with Gasteiger partial charge in [-0.1, -0.05) is 11.6 Å². The second kappa shape index (κ2) is 10.9. The molecule has 0 amide bonds. The van der Waals surface area contributed by atoms with Crippen molar-refractivity contribution in [1.82, 2.24) is 29.7 Å². The smallest absolute Gasteiger partial charge is 0.240 e. The van der Waals surface area contributed by atoms with Crippen LogP contribution in [0.2, 0.25) is 5.02 Å². The maximum absolute atomic E-state index is 13.4. The van der Waals surface area contributed by atoms with Gasteiger partial charge in [0, 0.05) is 44.1 Å². The summed E-state index contributed by atoms with van der Waals surface area (Å²) in [6.07, 6.45) is 8.12. The Bertz CT molecular complexity index is 1250. The van der Waals surface area contributed by atoms with Crippen LogP contribution in [0.15, 0.2) is 30.9 Å².